The maximum atomic E-state index is 13.2. The van der Waals surface area contributed by atoms with Crippen LogP contribution in [0.2, 0.25) is 0 Å². The van der Waals surface area contributed by atoms with Crippen LogP contribution in [0, 0.1) is 0 Å². The molecule has 9 heteroatoms. The summed E-state index contributed by atoms with van der Waals surface area (Å²) in [4.78, 5) is 13.2. The molecule has 510 valence electrons. The number of aliphatic hydroxyl groups is 5. The zero-order valence-electron chi connectivity index (χ0n) is 57.4. The summed E-state index contributed by atoms with van der Waals surface area (Å²) in [5.41, 5.74) is 0. The summed E-state index contributed by atoms with van der Waals surface area (Å²) in [6, 6.07) is -0.821. The minimum Gasteiger partial charge on any atom is -0.394 e. The van der Waals surface area contributed by atoms with Crippen molar-refractivity contribution in [2.75, 3.05) is 13.2 Å². The standard InChI is InChI=1S/C77H149NO8/c1-3-5-7-9-11-13-15-17-19-21-23-25-27-29-31-33-35-36-37-39-41-43-45-47-49-51-53-55-57-59-61-63-65-67-73(81)78-70(69-85-77-76(84)75(83)74(82)72(68-79)86-77)71(80)66-64-62-60-58-56-54-52-50-48-46-44-42-40-38-34-32-30-28-26-24-22-20-18-16-14-12-10-8-6-4-2/h56,58,64,66,70-72,74-77,79-80,82-84H,3-55,57,59-63,65,67-69H2,1-2H3,(H,78,81)/b58-56+,66-64+. The molecule has 0 radical (unpaired) electrons. The van der Waals surface area contributed by atoms with Crippen LogP contribution in [0.15, 0.2) is 24.3 Å². The van der Waals surface area contributed by atoms with Crippen LogP contribution in [-0.2, 0) is 14.3 Å². The number of carbonyl (C=O) groups excluding carboxylic acids is 1. The molecule has 0 bridgehead atoms. The highest BCUT2D eigenvalue weighted by molar-refractivity contribution is 5.76. The van der Waals surface area contributed by atoms with Gasteiger partial charge in [-0.3, -0.25) is 4.79 Å². The maximum absolute atomic E-state index is 13.2. The molecule has 1 heterocycles. The topological polar surface area (TPSA) is 149 Å². The molecule has 9 nitrogen and oxygen atoms in total. The normalized spacial score (nSPS) is 18.1. The Morgan fingerprint density at radius 1 is 0.384 bits per heavy atom. The lowest BCUT2D eigenvalue weighted by molar-refractivity contribution is -0.302. The molecule has 1 rings (SSSR count). The number of hydrogen-bond acceptors (Lipinski definition) is 8. The van der Waals surface area contributed by atoms with E-state index in [4.69, 9.17) is 9.47 Å². The summed E-state index contributed by atoms with van der Waals surface area (Å²) < 4.78 is 11.3. The lowest BCUT2D eigenvalue weighted by Crippen LogP contribution is -2.60. The van der Waals surface area contributed by atoms with Gasteiger partial charge < -0.3 is 40.3 Å². The van der Waals surface area contributed by atoms with Gasteiger partial charge in [-0.15, -0.1) is 0 Å². The molecule has 0 aromatic rings. The van der Waals surface area contributed by atoms with Gasteiger partial charge in [-0.05, 0) is 32.1 Å². The number of hydrogen-bond donors (Lipinski definition) is 6. The summed E-state index contributed by atoms with van der Waals surface area (Å²) in [5.74, 6) is -0.177. The average Bonchev–Trinajstić information content (AvgIpc) is 2.42. The van der Waals surface area contributed by atoms with Crippen LogP contribution in [0.1, 0.15) is 406 Å². The van der Waals surface area contributed by atoms with Gasteiger partial charge >= 0.3 is 0 Å². The number of ether oxygens (including phenoxy) is 2. The van der Waals surface area contributed by atoms with Gasteiger partial charge in [-0.1, -0.05) is 391 Å². The third-order valence-corrected chi connectivity index (χ3v) is 18.8. The van der Waals surface area contributed by atoms with E-state index in [0.29, 0.717) is 6.42 Å². The number of unbranched alkanes of at least 4 members (excludes halogenated alkanes) is 57. The molecule has 0 aromatic carbocycles. The van der Waals surface area contributed by atoms with Gasteiger partial charge in [0, 0.05) is 6.42 Å². The molecule has 1 aliphatic heterocycles. The monoisotopic (exact) mass is 1220 g/mol. The van der Waals surface area contributed by atoms with E-state index >= 15 is 0 Å². The molecule has 86 heavy (non-hydrogen) atoms. The molecule has 0 aromatic heterocycles. The lowest BCUT2D eigenvalue weighted by Gasteiger charge is -2.40. The molecule has 1 aliphatic rings. The molecular weight excluding hydrogens is 1070 g/mol. The summed E-state index contributed by atoms with van der Waals surface area (Å²) >= 11 is 0. The number of rotatable bonds is 69. The van der Waals surface area contributed by atoms with Crippen LogP contribution in [0.3, 0.4) is 0 Å². The Bertz CT molecular complexity index is 1410. The molecule has 6 N–H and O–H groups in total. The second kappa shape index (κ2) is 66.6. The Labute approximate surface area is 534 Å². The Hall–Kier alpha value is -1.33. The van der Waals surface area contributed by atoms with Crippen molar-refractivity contribution < 1.29 is 39.8 Å². The molecule has 7 unspecified atom stereocenters. The van der Waals surface area contributed by atoms with Gasteiger partial charge in [0.1, 0.15) is 24.4 Å². The van der Waals surface area contributed by atoms with E-state index in [1.54, 1.807) is 6.08 Å². The average molecular weight is 1220 g/mol. The smallest absolute Gasteiger partial charge is 0.220 e. The molecule has 0 saturated carbocycles. The number of amides is 1. The first-order valence-electron chi connectivity index (χ1n) is 38.6. The Morgan fingerprint density at radius 2 is 0.663 bits per heavy atom. The molecule has 1 fully saturated rings. The summed E-state index contributed by atoms with van der Waals surface area (Å²) in [6.07, 6.45) is 81.8. The van der Waals surface area contributed by atoms with Crippen LogP contribution in [-0.4, -0.2) is 87.5 Å². The Balaban J connectivity index is 2.09. The molecule has 0 aliphatic carbocycles. The van der Waals surface area contributed by atoms with E-state index < -0.39 is 49.5 Å². The van der Waals surface area contributed by atoms with Gasteiger partial charge in [-0.2, -0.15) is 0 Å². The highest BCUT2D eigenvalue weighted by Gasteiger charge is 2.44. The fourth-order valence-corrected chi connectivity index (χ4v) is 12.8. The van der Waals surface area contributed by atoms with Crippen molar-refractivity contribution in [3.63, 3.8) is 0 Å². The molecule has 1 amide bonds. The van der Waals surface area contributed by atoms with Crippen molar-refractivity contribution in [1.82, 2.24) is 5.32 Å². The van der Waals surface area contributed by atoms with Crippen LogP contribution in [0.5, 0.6) is 0 Å². The van der Waals surface area contributed by atoms with E-state index in [2.05, 4.69) is 31.3 Å². The van der Waals surface area contributed by atoms with Gasteiger partial charge in [0.15, 0.2) is 6.29 Å². The van der Waals surface area contributed by atoms with E-state index in [1.807, 2.05) is 6.08 Å². The fourth-order valence-electron chi connectivity index (χ4n) is 12.8. The maximum Gasteiger partial charge on any atom is 0.220 e. The third kappa shape index (κ3) is 54.4. The van der Waals surface area contributed by atoms with Gasteiger partial charge in [-0.25, -0.2) is 0 Å². The van der Waals surface area contributed by atoms with Crippen molar-refractivity contribution >= 4 is 5.91 Å². The second-order valence-corrected chi connectivity index (χ2v) is 27.2. The van der Waals surface area contributed by atoms with Crippen molar-refractivity contribution in [3.8, 4) is 0 Å². The quantitative estimate of drug-likeness (QED) is 0.0261. The minimum absolute atomic E-state index is 0.177. The fraction of sp³-hybridized carbons (Fsp3) is 0.935. The van der Waals surface area contributed by atoms with Crippen molar-refractivity contribution in [3.05, 3.63) is 24.3 Å². The van der Waals surface area contributed by atoms with Gasteiger partial charge in [0.05, 0.1) is 25.4 Å². The van der Waals surface area contributed by atoms with E-state index in [-0.39, 0.29) is 12.5 Å². The van der Waals surface area contributed by atoms with E-state index in [1.165, 1.54) is 347 Å². The van der Waals surface area contributed by atoms with E-state index in [9.17, 15) is 30.3 Å². The molecular formula is C77H149NO8. The van der Waals surface area contributed by atoms with Crippen LogP contribution >= 0.6 is 0 Å². The molecule has 1 saturated heterocycles. The molecule has 0 spiro atoms. The van der Waals surface area contributed by atoms with E-state index in [0.717, 1.165) is 38.5 Å². The first-order chi connectivity index (χ1) is 42.3. The SMILES string of the molecule is CCCCCCCCCCCCCCCCCCCCCCCCCC/C=C/CC/C=C/C(O)C(COC1OC(CO)C(O)C(O)C1O)NC(=O)CCCCCCCCCCCCCCCCCCCCCCCCCCCCCCCCCCC. The number of aliphatic hydroxyl groups excluding tert-OH is 5. The number of nitrogens with one attached hydrogen (secondary N) is 1. The van der Waals surface area contributed by atoms with Gasteiger partial charge in [0.25, 0.3) is 0 Å². The Morgan fingerprint density at radius 3 is 0.977 bits per heavy atom. The summed E-state index contributed by atoms with van der Waals surface area (Å²) in [6.45, 7) is 3.84. The first kappa shape index (κ1) is 82.7. The highest BCUT2D eigenvalue weighted by Crippen LogP contribution is 2.24. The highest BCUT2D eigenvalue weighted by atomic mass is 16.7. The van der Waals surface area contributed by atoms with Crippen LogP contribution in [0.25, 0.3) is 0 Å². The number of allylic oxidation sites excluding steroid dienone is 3. The molecule has 7 atom stereocenters. The zero-order valence-corrected chi connectivity index (χ0v) is 57.4. The largest absolute Gasteiger partial charge is 0.394 e. The minimum atomic E-state index is -1.57. The summed E-state index contributed by atoms with van der Waals surface area (Å²) in [5, 5.41) is 54.8. The Kier molecular flexibility index (Phi) is 64.0. The third-order valence-electron chi connectivity index (χ3n) is 18.8. The van der Waals surface area contributed by atoms with Crippen molar-refractivity contribution in [2.45, 2.75) is 448 Å². The lowest BCUT2D eigenvalue weighted by atomic mass is 9.99. The van der Waals surface area contributed by atoms with Gasteiger partial charge in [0.2, 0.25) is 5.91 Å². The first-order valence-corrected chi connectivity index (χ1v) is 38.6. The summed E-state index contributed by atoms with van der Waals surface area (Å²) in [7, 11) is 0. The number of carbonyl (C=O) groups is 1. The van der Waals surface area contributed by atoms with Crippen LogP contribution < -0.4 is 5.32 Å². The predicted molar refractivity (Wildman–Crippen MR) is 369 cm³/mol. The van der Waals surface area contributed by atoms with Crippen molar-refractivity contribution in [1.29, 1.82) is 0 Å². The van der Waals surface area contributed by atoms with Crippen LogP contribution in [0.4, 0.5) is 0 Å². The zero-order chi connectivity index (χ0) is 62.1. The second-order valence-electron chi connectivity index (χ2n) is 27.2. The predicted octanol–water partition coefficient (Wildman–Crippen LogP) is 21.6. The van der Waals surface area contributed by atoms with Crippen molar-refractivity contribution in [2.24, 2.45) is 0 Å².